The van der Waals surface area contributed by atoms with E-state index < -0.39 is 0 Å². The number of nitrogens with zero attached hydrogens (tertiary/aromatic N) is 2. The molecular weight excluding hydrogens is 416 g/mol. The summed E-state index contributed by atoms with van der Waals surface area (Å²) < 4.78 is 17.7. The molecule has 0 amide bonds. The van der Waals surface area contributed by atoms with Crippen LogP contribution in [0, 0.1) is 0 Å². The Morgan fingerprint density at radius 2 is 1.70 bits per heavy atom. The summed E-state index contributed by atoms with van der Waals surface area (Å²) in [6.07, 6.45) is 3.94. The summed E-state index contributed by atoms with van der Waals surface area (Å²) in [4.78, 5) is 9.13. The molecule has 5 rings (SSSR count). The Hall–Kier alpha value is -3.00. The Bertz CT molecular complexity index is 1050. The van der Waals surface area contributed by atoms with E-state index in [4.69, 9.17) is 19.2 Å². The largest absolute Gasteiger partial charge is 0.496 e. The van der Waals surface area contributed by atoms with Crippen LogP contribution in [0.3, 0.4) is 0 Å². The molecule has 7 nitrogen and oxygen atoms in total. The molecule has 3 heterocycles. The van der Waals surface area contributed by atoms with Crippen LogP contribution in [-0.4, -0.2) is 61.1 Å². The lowest BCUT2D eigenvalue weighted by atomic mass is 10.1. The van der Waals surface area contributed by atoms with E-state index in [1.807, 2.05) is 30.3 Å². The molecule has 172 valence electrons. The highest BCUT2D eigenvalue weighted by Gasteiger charge is 2.47. The minimum Gasteiger partial charge on any atom is -0.496 e. The molecule has 7 heteroatoms. The van der Waals surface area contributed by atoms with E-state index in [1.165, 1.54) is 5.56 Å². The third kappa shape index (κ3) is 5.00. The second-order valence-electron chi connectivity index (χ2n) is 8.46. The number of aromatic nitrogens is 2. The van der Waals surface area contributed by atoms with Crippen LogP contribution in [0.5, 0.6) is 5.75 Å². The Labute approximate surface area is 194 Å². The number of benzene rings is 2. The maximum Gasteiger partial charge on any atom is 0.223 e. The summed E-state index contributed by atoms with van der Waals surface area (Å²) in [5.74, 6) is 1.35. The molecule has 4 atom stereocenters. The first-order valence-electron chi connectivity index (χ1n) is 11.6. The average molecular weight is 447 g/mol. The lowest BCUT2D eigenvalue weighted by Gasteiger charge is -2.18. The van der Waals surface area contributed by atoms with E-state index in [9.17, 15) is 0 Å². The minimum atomic E-state index is -0.0184. The van der Waals surface area contributed by atoms with Crippen molar-refractivity contribution >= 4 is 5.95 Å². The van der Waals surface area contributed by atoms with E-state index in [0.717, 1.165) is 36.4 Å². The van der Waals surface area contributed by atoms with Gasteiger partial charge in [0, 0.05) is 11.8 Å². The van der Waals surface area contributed by atoms with Crippen molar-refractivity contribution in [1.82, 2.24) is 15.3 Å². The van der Waals surface area contributed by atoms with Gasteiger partial charge in [0.1, 0.15) is 18.0 Å². The average Bonchev–Trinajstić information content (AvgIpc) is 3.46. The van der Waals surface area contributed by atoms with Gasteiger partial charge < -0.3 is 24.8 Å². The number of hydrogen-bond acceptors (Lipinski definition) is 7. The number of fused-ring (bicyclic) bond motifs is 1. The molecule has 2 aliphatic rings. The highest BCUT2D eigenvalue weighted by atomic mass is 16.6. The molecule has 33 heavy (non-hydrogen) atoms. The zero-order valence-corrected chi connectivity index (χ0v) is 18.8. The second kappa shape index (κ2) is 10.3. The Morgan fingerprint density at radius 3 is 2.55 bits per heavy atom. The van der Waals surface area contributed by atoms with Crippen molar-refractivity contribution in [3.05, 3.63) is 72.4 Å². The Kier molecular flexibility index (Phi) is 6.81. The van der Waals surface area contributed by atoms with Crippen molar-refractivity contribution < 1.29 is 14.2 Å². The summed E-state index contributed by atoms with van der Waals surface area (Å²) in [7, 11) is 1.67. The molecule has 2 aliphatic heterocycles. The summed E-state index contributed by atoms with van der Waals surface area (Å²) in [6, 6.07) is 20.5. The zero-order valence-electron chi connectivity index (χ0n) is 18.8. The maximum atomic E-state index is 6.12. The molecule has 2 fully saturated rings. The molecule has 0 bridgehead atoms. The van der Waals surface area contributed by atoms with Crippen LogP contribution in [0.1, 0.15) is 12.0 Å². The van der Waals surface area contributed by atoms with Gasteiger partial charge >= 0.3 is 0 Å². The molecule has 0 spiro atoms. The van der Waals surface area contributed by atoms with Crippen molar-refractivity contribution in [2.75, 3.05) is 32.2 Å². The van der Waals surface area contributed by atoms with E-state index >= 15 is 0 Å². The standard InChI is InChI=1S/C26H30N4O3/c1-31-23-12-6-5-11-19(23)20-13-15-28-26(29-20)30-22-17-33-24-21(16-32-25(22)24)27-14-7-10-18-8-3-2-4-9-18/h2-6,8-9,11-13,15,21-22,24-25,27H,7,10,14,16-17H2,1H3,(H,28,29,30)/t21-,22+,24-,25+/m0/s1. The van der Waals surface area contributed by atoms with Crippen LogP contribution in [0.4, 0.5) is 5.95 Å². The molecule has 0 radical (unpaired) electrons. The molecule has 2 N–H and O–H groups in total. The summed E-state index contributed by atoms with van der Waals surface area (Å²) in [5.41, 5.74) is 3.12. The van der Waals surface area contributed by atoms with Crippen molar-refractivity contribution in [2.45, 2.75) is 37.1 Å². The predicted molar refractivity (Wildman–Crippen MR) is 127 cm³/mol. The third-order valence-corrected chi connectivity index (χ3v) is 6.30. The SMILES string of the molecule is COc1ccccc1-c1ccnc(N[C@@H]2CO[C@@H]3[C@@H]2OC[C@@H]3NCCCc2ccccc2)n1. The maximum absolute atomic E-state index is 6.12. The summed E-state index contributed by atoms with van der Waals surface area (Å²) in [6.45, 7) is 2.17. The highest BCUT2D eigenvalue weighted by molar-refractivity contribution is 5.67. The van der Waals surface area contributed by atoms with Gasteiger partial charge in [-0.2, -0.15) is 0 Å². The smallest absolute Gasteiger partial charge is 0.223 e. The molecular formula is C26H30N4O3. The quantitative estimate of drug-likeness (QED) is 0.488. The van der Waals surface area contributed by atoms with Gasteiger partial charge in [-0.25, -0.2) is 9.97 Å². The van der Waals surface area contributed by atoms with Gasteiger partial charge in [-0.1, -0.05) is 42.5 Å². The van der Waals surface area contributed by atoms with E-state index in [1.54, 1.807) is 13.3 Å². The summed E-state index contributed by atoms with van der Waals surface area (Å²) >= 11 is 0. The lowest BCUT2D eigenvalue weighted by Crippen LogP contribution is -2.42. The van der Waals surface area contributed by atoms with Crippen molar-refractivity contribution in [2.24, 2.45) is 0 Å². The van der Waals surface area contributed by atoms with Crippen molar-refractivity contribution in [3.8, 4) is 17.0 Å². The van der Waals surface area contributed by atoms with Gasteiger partial charge in [-0.15, -0.1) is 0 Å². The van der Waals surface area contributed by atoms with Crippen LogP contribution in [0.2, 0.25) is 0 Å². The third-order valence-electron chi connectivity index (χ3n) is 6.30. The fourth-order valence-electron chi connectivity index (χ4n) is 4.62. The monoisotopic (exact) mass is 446 g/mol. The number of para-hydroxylation sites is 1. The van der Waals surface area contributed by atoms with Crippen molar-refractivity contribution in [3.63, 3.8) is 0 Å². The Balaban J connectivity index is 1.16. The van der Waals surface area contributed by atoms with Gasteiger partial charge in [-0.05, 0) is 43.1 Å². The number of rotatable bonds is 9. The van der Waals surface area contributed by atoms with Crippen LogP contribution in [0.25, 0.3) is 11.3 Å². The number of aryl methyl sites for hydroxylation is 1. The predicted octanol–water partition coefficient (Wildman–Crippen LogP) is 3.32. The minimum absolute atomic E-state index is 0.0130. The number of methoxy groups -OCH3 is 1. The van der Waals surface area contributed by atoms with Gasteiger partial charge in [0.25, 0.3) is 0 Å². The van der Waals surface area contributed by atoms with E-state index in [2.05, 4.69) is 45.9 Å². The molecule has 0 unspecified atom stereocenters. The first kappa shape index (κ1) is 21.8. The Morgan fingerprint density at radius 1 is 0.939 bits per heavy atom. The molecule has 0 aliphatic carbocycles. The first-order valence-corrected chi connectivity index (χ1v) is 11.6. The molecule has 2 saturated heterocycles. The van der Waals surface area contributed by atoms with E-state index in [-0.39, 0.29) is 24.3 Å². The molecule has 3 aromatic rings. The zero-order chi connectivity index (χ0) is 22.5. The first-order chi connectivity index (χ1) is 16.3. The molecule has 0 saturated carbocycles. The van der Waals surface area contributed by atoms with Crippen molar-refractivity contribution in [1.29, 1.82) is 0 Å². The number of hydrogen-bond donors (Lipinski definition) is 2. The van der Waals surface area contributed by atoms with E-state index in [0.29, 0.717) is 19.2 Å². The molecule has 1 aromatic heterocycles. The number of nitrogens with one attached hydrogen (secondary N) is 2. The fourth-order valence-corrected chi connectivity index (χ4v) is 4.62. The lowest BCUT2D eigenvalue weighted by molar-refractivity contribution is 0.0676. The van der Waals surface area contributed by atoms with Crippen LogP contribution in [-0.2, 0) is 15.9 Å². The van der Waals surface area contributed by atoms with Gasteiger partial charge in [-0.3, -0.25) is 0 Å². The number of ether oxygens (including phenoxy) is 3. The normalized spacial score (nSPS) is 23.9. The number of anilines is 1. The highest BCUT2D eigenvalue weighted by Crippen LogP contribution is 2.30. The second-order valence-corrected chi connectivity index (χ2v) is 8.46. The van der Waals surface area contributed by atoms with Gasteiger partial charge in [0.15, 0.2) is 0 Å². The topological polar surface area (TPSA) is 77.5 Å². The van der Waals surface area contributed by atoms with Crippen LogP contribution < -0.4 is 15.4 Å². The van der Waals surface area contributed by atoms with Crippen LogP contribution >= 0.6 is 0 Å². The fraction of sp³-hybridized carbons (Fsp3) is 0.385. The van der Waals surface area contributed by atoms with Gasteiger partial charge in [0.05, 0.1) is 38.1 Å². The van der Waals surface area contributed by atoms with Crippen LogP contribution in [0.15, 0.2) is 66.9 Å². The summed E-state index contributed by atoms with van der Waals surface area (Å²) in [5, 5.41) is 7.06. The molecule has 2 aromatic carbocycles. The van der Waals surface area contributed by atoms with Gasteiger partial charge in [0.2, 0.25) is 5.95 Å².